The third kappa shape index (κ3) is 2.23. The average Bonchev–Trinajstić information content (AvgIpc) is 2.75. The van der Waals surface area contributed by atoms with Crippen molar-refractivity contribution < 1.29 is 13.2 Å². The van der Waals surface area contributed by atoms with Crippen LogP contribution >= 0.6 is 15.9 Å². The van der Waals surface area contributed by atoms with Crippen LogP contribution in [0.2, 0.25) is 0 Å². The monoisotopic (exact) mass is 402 g/mol. The van der Waals surface area contributed by atoms with Gasteiger partial charge in [0.15, 0.2) is 0 Å². The quantitative estimate of drug-likeness (QED) is 0.658. The minimum absolute atomic E-state index is 0.0174. The second-order valence-corrected chi connectivity index (χ2v) is 8.19. The highest BCUT2D eigenvalue weighted by molar-refractivity contribution is 9.10. The van der Waals surface area contributed by atoms with E-state index >= 15 is 0 Å². The van der Waals surface area contributed by atoms with Crippen LogP contribution in [0.15, 0.2) is 64.1 Å². The van der Waals surface area contributed by atoms with E-state index in [4.69, 9.17) is 0 Å². The molecule has 5 nitrogen and oxygen atoms in total. The van der Waals surface area contributed by atoms with Crippen molar-refractivity contribution in [2.45, 2.75) is 11.4 Å². The number of fused-ring (bicyclic) bond motifs is 2. The van der Waals surface area contributed by atoms with Gasteiger partial charge in [0.25, 0.3) is 15.9 Å². The maximum atomic E-state index is 12.7. The van der Waals surface area contributed by atoms with Gasteiger partial charge in [-0.3, -0.25) is 9.78 Å². The standard InChI is InChI=1S/C17H11BrN2O3S/c18-12-5-6-16-14(9-12)17(21)20(24(16,22)23)10-11-7-8-19-15-4-2-1-3-13(11)15/h1-9H,10H2. The fourth-order valence-electron chi connectivity index (χ4n) is 2.86. The molecule has 120 valence electrons. The maximum Gasteiger partial charge on any atom is 0.269 e. The molecule has 4 rings (SSSR count). The molecule has 0 saturated carbocycles. The summed E-state index contributed by atoms with van der Waals surface area (Å²) in [6.45, 7) is -0.0174. The van der Waals surface area contributed by atoms with Gasteiger partial charge in [0.05, 0.1) is 17.6 Å². The van der Waals surface area contributed by atoms with Gasteiger partial charge in [-0.15, -0.1) is 0 Å². The summed E-state index contributed by atoms with van der Waals surface area (Å²) in [5.74, 6) is -0.507. The molecule has 7 heteroatoms. The number of pyridine rings is 1. The summed E-state index contributed by atoms with van der Waals surface area (Å²) in [7, 11) is -3.84. The van der Waals surface area contributed by atoms with Gasteiger partial charge in [0.1, 0.15) is 4.90 Å². The van der Waals surface area contributed by atoms with Crippen molar-refractivity contribution in [3.05, 3.63) is 70.3 Å². The first-order valence-corrected chi connectivity index (χ1v) is 9.41. The van der Waals surface area contributed by atoms with Crippen molar-refractivity contribution in [1.82, 2.24) is 9.29 Å². The third-order valence-corrected chi connectivity index (χ3v) is 6.30. The van der Waals surface area contributed by atoms with Gasteiger partial charge >= 0.3 is 0 Å². The van der Waals surface area contributed by atoms with E-state index in [2.05, 4.69) is 20.9 Å². The number of halogens is 1. The van der Waals surface area contributed by atoms with Crippen LogP contribution < -0.4 is 0 Å². The Balaban J connectivity index is 1.82. The van der Waals surface area contributed by atoms with Gasteiger partial charge in [-0.1, -0.05) is 34.1 Å². The SMILES string of the molecule is O=C1c2cc(Br)ccc2S(=O)(=O)N1Cc1ccnc2ccccc12. The van der Waals surface area contributed by atoms with Crippen LogP contribution in [0.5, 0.6) is 0 Å². The van der Waals surface area contributed by atoms with Gasteiger partial charge in [0.2, 0.25) is 0 Å². The molecule has 0 unspecified atom stereocenters. The molecular weight excluding hydrogens is 392 g/mol. The van der Waals surface area contributed by atoms with E-state index < -0.39 is 15.9 Å². The molecule has 1 aliphatic rings. The highest BCUT2D eigenvalue weighted by Crippen LogP contribution is 2.34. The molecule has 0 spiro atoms. The number of carbonyl (C=O) groups excluding carboxylic acids is 1. The summed E-state index contributed by atoms with van der Waals surface area (Å²) in [5.41, 5.74) is 1.70. The smallest absolute Gasteiger partial charge is 0.268 e. The molecule has 0 atom stereocenters. The summed E-state index contributed by atoms with van der Waals surface area (Å²) < 4.78 is 27.0. The summed E-state index contributed by atoms with van der Waals surface area (Å²) in [6.07, 6.45) is 1.62. The van der Waals surface area contributed by atoms with E-state index in [1.54, 1.807) is 24.4 Å². The number of rotatable bonds is 2. The molecule has 3 aromatic rings. The lowest BCUT2D eigenvalue weighted by atomic mass is 10.1. The molecule has 0 bridgehead atoms. The highest BCUT2D eigenvalue weighted by atomic mass is 79.9. The molecule has 2 aromatic carbocycles. The van der Waals surface area contributed by atoms with Crippen molar-refractivity contribution in [2.24, 2.45) is 0 Å². The summed E-state index contributed by atoms with van der Waals surface area (Å²) >= 11 is 3.28. The van der Waals surface area contributed by atoms with Gasteiger partial charge in [-0.05, 0) is 35.9 Å². The highest BCUT2D eigenvalue weighted by Gasteiger charge is 2.41. The second-order valence-electron chi connectivity index (χ2n) is 5.44. The summed E-state index contributed by atoms with van der Waals surface area (Å²) in [5, 5.41) is 0.833. The van der Waals surface area contributed by atoms with E-state index in [1.165, 1.54) is 6.07 Å². The van der Waals surface area contributed by atoms with Crippen LogP contribution in [0, 0.1) is 0 Å². The molecule has 24 heavy (non-hydrogen) atoms. The van der Waals surface area contributed by atoms with Gasteiger partial charge < -0.3 is 0 Å². The lowest BCUT2D eigenvalue weighted by molar-refractivity contribution is 0.0865. The zero-order valence-electron chi connectivity index (χ0n) is 12.3. The van der Waals surface area contributed by atoms with Crippen LogP contribution in [0.4, 0.5) is 0 Å². The Bertz CT molecular complexity index is 1090. The largest absolute Gasteiger partial charge is 0.269 e. The van der Waals surface area contributed by atoms with Crippen LogP contribution in [-0.2, 0) is 16.6 Å². The number of carbonyl (C=O) groups is 1. The molecule has 1 amide bonds. The zero-order chi connectivity index (χ0) is 16.9. The predicted molar refractivity (Wildman–Crippen MR) is 92.9 cm³/mol. The number of hydrogen-bond donors (Lipinski definition) is 0. The van der Waals surface area contributed by atoms with E-state index in [0.29, 0.717) is 4.47 Å². The Hall–Kier alpha value is -2.25. The van der Waals surface area contributed by atoms with E-state index in [0.717, 1.165) is 20.8 Å². The molecule has 1 aromatic heterocycles. The number of sulfonamides is 1. The van der Waals surface area contributed by atoms with E-state index in [9.17, 15) is 13.2 Å². The third-order valence-electron chi connectivity index (χ3n) is 4.02. The average molecular weight is 403 g/mol. The van der Waals surface area contributed by atoms with Gasteiger partial charge in [-0.2, -0.15) is 0 Å². The topological polar surface area (TPSA) is 67.3 Å². The molecule has 0 aliphatic carbocycles. The van der Waals surface area contributed by atoms with Crippen LogP contribution in [0.3, 0.4) is 0 Å². The van der Waals surface area contributed by atoms with E-state index in [-0.39, 0.29) is 17.0 Å². The van der Waals surface area contributed by atoms with Crippen molar-refractivity contribution in [2.75, 3.05) is 0 Å². The van der Waals surface area contributed by atoms with Crippen LogP contribution in [0.1, 0.15) is 15.9 Å². The van der Waals surface area contributed by atoms with Crippen molar-refractivity contribution in [3.63, 3.8) is 0 Å². The number of nitrogens with zero attached hydrogens (tertiary/aromatic N) is 2. The normalized spacial score (nSPS) is 15.7. The molecule has 0 saturated heterocycles. The predicted octanol–water partition coefficient (Wildman–Crippen LogP) is 3.34. The minimum atomic E-state index is -3.84. The molecule has 0 fully saturated rings. The molecule has 0 radical (unpaired) electrons. The lowest BCUT2D eigenvalue weighted by Gasteiger charge is -2.16. The summed E-state index contributed by atoms with van der Waals surface area (Å²) in [6, 6.07) is 13.8. The fourth-order valence-corrected chi connectivity index (χ4v) is 4.75. The lowest BCUT2D eigenvalue weighted by Crippen LogP contribution is -2.29. The first-order chi connectivity index (χ1) is 11.5. The number of benzene rings is 2. The minimum Gasteiger partial charge on any atom is -0.268 e. The Kier molecular flexibility index (Phi) is 3.43. The maximum absolute atomic E-state index is 12.7. The second kappa shape index (κ2) is 5.39. The number of hydrogen-bond acceptors (Lipinski definition) is 4. The Morgan fingerprint density at radius 3 is 2.71 bits per heavy atom. The zero-order valence-corrected chi connectivity index (χ0v) is 14.7. The first kappa shape index (κ1) is 15.3. The molecule has 1 aliphatic heterocycles. The van der Waals surface area contributed by atoms with Crippen molar-refractivity contribution in [1.29, 1.82) is 0 Å². The fraction of sp³-hybridized carbons (Fsp3) is 0.0588. The van der Waals surface area contributed by atoms with Crippen LogP contribution in [-0.4, -0.2) is 23.6 Å². The number of amides is 1. The van der Waals surface area contributed by atoms with Crippen molar-refractivity contribution in [3.8, 4) is 0 Å². The van der Waals surface area contributed by atoms with Gasteiger partial charge in [-0.25, -0.2) is 12.7 Å². The molecule has 2 heterocycles. The van der Waals surface area contributed by atoms with Crippen LogP contribution in [0.25, 0.3) is 10.9 Å². The Morgan fingerprint density at radius 1 is 1.08 bits per heavy atom. The first-order valence-electron chi connectivity index (χ1n) is 7.18. The van der Waals surface area contributed by atoms with Crippen molar-refractivity contribution >= 4 is 42.8 Å². The van der Waals surface area contributed by atoms with E-state index in [1.807, 2.05) is 24.3 Å². The van der Waals surface area contributed by atoms with Gasteiger partial charge in [0, 0.05) is 16.1 Å². The molecular formula is C17H11BrN2O3S. The number of para-hydroxylation sites is 1. The number of aromatic nitrogens is 1. The Morgan fingerprint density at radius 2 is 1.88 bits per heavy atom. The Labute approximate surface area is 147 Å². The molecule has 0 N–H and O–H groups in total. The summed E-state index contributed by atoms with van der Waals surface area (Å²) in [4.78, 5) is 16.9.